The summed E-state index contributed by atoms with van der Waals surface area (Å²) in [7, 11) is 0. The quantitative estimate of drug-likeness (QED) is 0.684. The molecule has 1 heterocycles. The molecule has 74 valence electrons. The Morgan fingerprint density at radius 3 is 3.07 bits per heavy atom. The van der Waals surface area contributed by atoms with Crippen LogP contribution in [0, 0.1) is 0 Å². The molecular weight excluding hydrogens is 174 g/mol. The van der Waals surface area contributed by atoms with Gasteiger partial charge in [-0.2, -0.15) is 0 Å². The first-order chi connectivity index (χ1) is 6.79. The van der Waals surface area contributed by atoms with Crippen LogP contribution < -0.4 is 5.32 Å². The second-order valence-corrected chi connectivity index (χ2v) is 3.78. The highest BCUT2D eigenvalue weighted by Crippen LogP contribution is 2.19. The molecule has 0 unspecified atom stereocenters. The van der Waals surface area contributed by atoms with E-state index in [0.717, 1.165) is 31.5 Å². The van der Waals surface area contributed by atoms with Crippen molar-refractivity contribution in [3.63, 3.8) is 0 Å². The first-order valence-electron chi connectivity index (χ1n) is 5.11. The van der Waals surface area contributed by atoms with Crippen LogP contribution in [0.4, 0.5) is 0 Å². The zero-order valence-electron chi connectivity index (χ0n) is 8.47. The van der Waals surface area contributed by atoms with Crippen molar-refractivity contribution in [2.75, 3.05) is 6.54 Å². The zero-order chi connectivity index (χ0) is 9.97. The van der Waals surface area contributed by atoms with Crippen LogP contribution in [0.2, 0.25) is 0 Å². The minimum absolute atomic E-state index is 0.184. The van der Waals surface area contributed by atoms with Crippen molar-refractivity contribution in [1.82, 2.24) is 5.32 Å². The van der Waals surface area contributed by atoms with Crippen LogP contribution in [0.15, 0.2) is 18.2 Å². The fourth-order valence-corrected chi connectivity index (χ4v) is 2.04. The maximum absolute atomic E-state index is 11.4. The van der Waals surface area contributed by atoms with Crippen LogP contribution in [0.5, 0.6) is 0 Å². The van der Waals surface area contributed by atoms with Gasteiger partial charge in [-0.15, -0.1) is 0 Å². The monoisotopic (exact) mass is 189 g/mol. The minimum Gasteiger partial charge on any atom is -0.313 e. The predicted molar refractivity (Wildman–Crippen MR) is 56.5 cm³/mol. The fourth-order valence-electron chi connectivity index (χ4n) is 2.04. The molecule has 0 radical (unpaired) electrons. The van der Waals surface area contributed by atoms with Crippen molar-refractivity contribution >= 4 is 5.78 Å². The van der Waals surface area contributed by atoms with Gasteiger partial charge >= 0.3 is 0 Å². The molecule has 0 atom stereocenters. The van der Waals surface area contributed by atoms with Crippen molar-refractivity contribution in [3.8, 4) is 0 Å². The Morgan fingerprint density at radius 2 is 2.29 bits per heavy atom. The summed E-state index contributed by atoms with van der Waals surface area (Å²) in [6.45, 7) is 3.59. The van der Waals surface area contributed by atoms with Gasteiger partial charge in [0, 0.05) is 12.1 Å². The van der Waals surface area contributed by atoms with Crippen molar-refractivity contribution < 1.29 is 4.79 Å². The van der Waals surface area contributed by atoms with Gasteiger partial charge in [-0.3, -0.25) is 4.79 Å². The van der Waals surface area contributed by atoms with Crippen molar-refractivity contribution in [3.05, 3.63) is 34.9 Å². The Labute approximate surface area is 84.3 Å². The smallest absolute Gasteiger partial charge is 0.160 e. The summed E-state index contributed by atoms with van der Waals surface area (Å²) in [4.78, 5) is 11.4. The van der Waals surface area contributed by atoms with Crippen LogP contribution in [-0.4, -0.2) is 12.3 Å². The minimum atomic E-state index is 0.184. The first kappa shape index (κ1) is 9.41. The molecule has 1 N–H and O–H groups in total. The van der Waals surface area contributed by atoms with Crippen molar-refractivity contribution in [1.29, 1.82) is 0 Å². The van der Waals surface area contributed by atoms with Crippen LogP contribution >= 0.6 is 0 Å². The third kappa shape index (κ3) is 1.70. The van der Waals surface area contributed by atoms with E-state index in [1.807, 2.05) is 12.1 Å². The van der Waals surface area contributed by atoms with Crippen LogP contribution in [-0.2, 0) is 13.0 Å². The second kappa shape index (κ2) is 3.93. The molecule has 0 aliphatic carbocycles. The highest BCUT2D eigenvalue weighted by atomic mass is 16.1. The zero-order valence-corrected chi connectivity index (χ0v) is 8.47. The topological polar surface area (TPSA) is 29.1 Å². The lowest BCUT2D eigenvalue weighted by atomic mass is 9.96. The molecular formula is C12H15NO. The summed E-state index contributed by atoms with van der Waals surface area (Å²) in [5, 5.41) is 3.36. The molecule has 1 aromatic carbocycles. The molecule has 1 aromatic rings. The summed E-state index contributed by atoms with van der Waals surface area (Å²) >= 11 is 0. The van der Waals surface area contributed by atoms with Crippen LogP contribution in [0.3, 0.4) is 0 Å². The largest absolute Gasteiger partial charge is 0.313 e. The number of hydrogen-bond acceptors (Lipinski definition) is 2. The molecule has 0 spiro atoms. The third-order valence-corrected chi connectivity index (χ3v) is 2.75. The fraction of sp³-hybridized carbons (Fsp3) is 0.417. The Kier molecular flexibility index (Phi) is 2.64. The second-order valence-electron chi connectivity index (χ2n) is 3.78. The van der Waals surface area contributed by atoms with Gasteiger partial charge in [0.2, 0.25) is 0 Å². The van der Waals surface area contributed by atoms with Gasteiger partial charge in [0.1, 0.15) is 0 Å². The van der Waals surface area contributed by atoms with Crippen molar-refractivity contribution in [2.24, 2.45) is 0 Å². The number of fused-ring (bicyclic) bond motifs is 1. The first-order valence-corrected chi connectivity index (χ1v) is 5.11. The summed E-state index contributed by atoms with van der Waals surface area (Å²) in [6, 6.07) is 6.02. The summed E-state index contributed by atoms with van der Waals surface area (Å²) < 4.78 is 0. The normalized spacial score (nSPS) is 15.8. The molecule has 1 aliphatic rings. The van der Waals surface area contributed by atoms with E-state index in [2.05, 4.69) is 11.4 Å². The van der Waals surface area contributed by atoms with E-state index < -0.39 is 0 Å². The molecule has 2 rings (SSSR count). The molecule has 2 heteroatoms. The molecule has 14 heavy (non-hydrogen) atoms. The number of benzene rings is 1. The predicted octanol–water partition coefficient (Wildman–Crippen LogP) is 1.93. The molecule has 0 bridgehead atoms. The number of Topliss-reactive ketones (excluding diaryl/α,β-unsaturated/α-hetero) is 1. The third-order valence-electron chi connectivity index (χ3n) is 2.75. The summed E-state index contributed by atoms with van der Waals surface area (Å²) in [5.74, 6) is 0.184. The van der Waals surface area contributed by atoms with E-state index in [0.29, 0.717) is 0 Å². The maximum Gasteiger partial charge on any atom is 0.160 e. The van der Waals surface area contributed by atoms with Gasteiger partial charge in [-0.25, -0.2) is 0 Å². The molecule has 0 saturated carbocycles. The van der Waals surface area contributed by atoms with E-state index in [1.165, 1.54) is 11.1 Å². The van der Waals surface area contributed by atoms with Gasteiger partial charge in [0.15, 0.2) is 5.78 Å². The van der Waals surface area contributed by atoms with Gasteiger partial charge in [-0.1, -0.05) is 18.2 Å². The van der Waals surface area contributed by atoms with Crippen LogP contribution in [0.25, 0.3) is 0 Å². The number of hydrogen-bond donors (Lipinski definition) is 1. The highest BCUT2D eigenvalue weighted by Gasteiger charge is 2.13. The highest BCUT2D eigenvalue weighted by molar-refractivity contribution is 5.95. The Bertz CT molecular complexity index is 357. The van der Waals surface area contributed by atoms with E-state index in [4.69, 9.17) is 0 Å². The Hall–Kier alpha value is -1.15. The lowest BCUT2D eigenvalue weighted by Crippen LogP contribution is -2.12. The van der Waals surface area contributed by atoms with Gasteiger partial charge in [0.05, 0.1) is 0 Å². The number of nitrogens with one attached hydrogen (secondary N) is 1. The van der Waals surface area contributed by atoms with E-state index >= 15 is 0 Å². The maximum atomic E-state index is 11.4. The molecule has 0 amide bonds. The van der Waals surface area contributed by atoms with Gasteiger partial charge in [0.25, 0.3) is 0 Å². The average molecular weight is 189 g/mol. The van der Waals surface area contributed by atoms with Crippen molar-refractivity contribution in [2.45, 2.75) is 26.3 Å². The summed E-state index contributed by atoms with van der Waals surface area (Å²) in [5.41, 5.74) is 3.45. The number of carbonyl (C=O) groups is 1. The number of carbonyl (C=O) groups excluding carboxylic acids is 1. The Balaban J connectivity index is 2.47. The van der Waals surface area contributed by atoms with E-state index in [1.54, 1.807) is 6.92 Å². The van der Waals surface area contributed by atoms with Crippen LogP contribution in [0.1, 0.15) is 34.8 Å². The van der Waals surface area contributed by atoms with E-state index in [-0.39, 0.29) is 5.78 Å². The van der Waals surface area contributed by atoms with E-state index in [9.17, 15) is 4.79 Å². The standard InChI is InChI=1S/C12H15NO/c1-9(14)11-5-2-4-10-8-13-7-3-6-12(10)11/h2,4-5,13H,3,6-8H2,1H3. The molecule has 0 saturated heterocycles. The average Bonchev–Trinajstić information content (AvgIpc) is 2.41. The summed E-state index contributed by atoms with van der Waals surface area (Å²) in [6.07, 6.45) is 2.15. The Morgan fingerprint density at radius 1 is 1.43 bits per heavy atom. The lowest BCUT2D eigenvalue weighted by molar-refractivity contribution is 0.101. The molecule has 0 fully saturated rings. The molecule has 0 aromatic heterocycles. The van der Waals surface area contributed by atoms with Gasteiger partial charge < -0.3 is 5.32 Å². The SMILES string of the molecule is CC(=O)c1cccc2c1CCCNC2. The molecule has 2 nitrogen and oxygen atoms in total. The number of rotatable bonds is 1. The lowest BCUT2D eigenvalue weighted by Gasteiger charge is -2.09. The number of ketones is 1. The van der Waals surface area contributed by atoms with Gasteiger partial charge in [-0.05, 0) is 37.4 Å². The molecule has 1 aliphatic heterocycles.